The van der Waals surface area contributed by atoms with Crippen LogP contribution in [0.25, 0.3) is 0 Å². The SMILES string of the molecule is NCCC(=O)N1C[C@@H]2CCCC[C@@]2(CO)C1. The molecule has 0 aromatic heterocycles. The number of likely N-dealkylation sites (tertiary alicyclic amines) is 1. The summed E-state index contributed by atoms with van der Waals surface area (Å²) in [4.78, 5) is 13.7. The standard InChI is InChI=1S/C12H22N2O2/c13-6-4-11(16)14-7-10-3-1-2-5-12(10,8-14)9-15/h10,15H,1-9,13H2/t10-,12-/m0/s1. The van der Waals surface area contributed by atoms with Gasteiger partial charge in [0.25, 0.3) is 0 Å². The molecule has 3 N–H and O–H groups in total. The molecule has 2 atom stereocenters. The Morgan fingerprint density at radius 1 is 1.50 bits per heavy atom. The number of fused-ring (bicyclic) bond motifs is 1. The van der Waals surface area contributed by atoms with Crippen LogP contribution in [-0.2, 0) is 4.79 Å². The zero-order valence-corrected chi connectivity index (χ0v) is 9.82. The average Bonchev–Trinajstić information content (AvgIpc) is 2.69. The van der Waals surface area contributed by atoms with Crippen LogP contribution >= 0.6 is 0 Å². The van der Waals surface area contributed by atoms with Gasteiger partial charge in [-0.3, -0.25) is 4.79 Å². The van der Waals surface area contributed by atoms with Crippen LogP contribution in [0.1, 0.15) is 32.1 Å². The van der Waals surface area contributed by atoms with Crippen molar-refractivity contribution in [3.8, 4) is 0 Å². The van der Waals surface area contributed by atoms with Crippen LogP contribution in [0.3, 0.4) is 0 Å². The minimum Gasteiger partial charge on any atom is -0.396 e. The van der Waals surface area contributed by atoms with E-state index in [4.69, 9.17) is 5.73 Å². The van der Waals surface area contributed by atoms with Crippen LogP contribution in [0.5, 0.6) is 0 Å². The quantitative estimate of drug-likeness (QED) is 0.729. The van der Waals surface area contributed by atoms with E-state index in [1.54, 1.807) is 0 Å². The summed E-state index contributed by atoms with van der Waals surface area (Å²) in [5.41, 5.74) is 5.41. The molecule has 0 spiro atoms. The maximum atomic E-state index is 11.8. The lowest BCUT2D eigenvalue weighted by molar-refractivity contribution is -0.130. The van der Waals surface area contributed by atoms with E-state index in [0.29, 0.717) is 18.9 Å². The van der Waals surface area contributed by atoms with Crippen LogP contribution < -0.4 is 5.73 Å². The van der Waals surface area contributed by atoms with Crippen LogP contribution in [-0.4, -0.2) is 42.2 Å². The first kappa shape index (κ1) is 11.9. The third-order valence-electron chi connectivity index (χ3n) is 4.32. The second-order valence-corrected chi connectivity index (χ2v) is 5.28. The topological polar surface area (TPSA) is 66.6 Å². The fourth-order valence-electron chi connectivity index (χ4n) is 3.31. The Labute approximate surface area is 96.8 Å². The summed E-state index contributed by atoms with van der Waals surface area (Å²) in [5, 5.41) is 9.62. The molecule has 1 heterocycles. The molecule has 16 heavy (non-hydrogen) atoms. The highest BCUT2D eigenvalue weighted by Gasteiger charge is 2.48. The summed E-state index contributed by atoms with van der Waals surface area (Å²) in [6.45, 7) is 2.22. The molecule has 0 radical (unpaired) electrons. The third-order valence-corrected chi connectivity index (χ3v) is 4.32. The van der Waals surface area contributed by atoms with Gasteiger partial charge in [-0.15, -0.1) is 0 Å². The Hall–Kier alpha value is -0.610. The molecule has 4 heteroatoms. The van der Waals surface area contributed by atoms with Crippen molar-refractivity contribution >= 4 is 5.91 Å². The molecule has 0 aromatic carbocycles. The Balaban J connectivity index is 2.04. The zero-order valence-electron chi connectivity index (χ0n) is 9.82. The molecular formula is C12H22N2O2. The summed E-state index contributed by atoms with van der Waals surface area (Å²) < 4.78 is 0. The number of hydrogen-bond donors (Lipinski definition) is 2. The number of hydrogen-bond acceptors (Lipinski definition) is 3. The fourth-order valence-corrected chi connectivity index (χ4v) is 3.31. The number of carbonyl (C=O) groups is 1. The van der Waals surface area contributed by atoms with Gasteiger partial charge in [0.05, 0.1) is 6.61 Å². The molecule has 1 aliphatic carbocycles. The third kappa shape index (κ3) is 1.96. The molecular weight excluding hydrogens is 204 g/mol. The van der Waals surface area contributed by atoms with Gasteiger partial charge in [0.2, 0.25) is 5.91 Å². The number of rotatable bonds is 3. The maximum absolute atomic E-state index is 11.8. The first-order valence-corrected chi connectivity index (χ1v) is 6.30. The molecule has 1 aliphatic heterocycles. The predicted octanol–water partition coefficient (Wildman–Crippen LogP) is 0.346. The molecule has 2 rings (SSSR count). The van der Waals surface area contributed by atoms with Gasteiger partial charge in [-0.2, -0.15) is 0 Å². The van der Waals surface area contributed by atoms with Crippen LogP contribution in [0, 0.1) is 11.3 Å². The van der Waals surface area contributed by atoms with Crippen LogP contribution in [0.4, 0.5) is 0 Å². The van der Waals surface area contributed by atoms with E-state index in [9.17, 15) is 9.90 Å². The number of amides is 1. The highest BCUT2D eigenvalue weighted by atomic mass is 16.3. The number of aliphatic hydroxyl groups excluding tert-OH is 1. The van der Waals surface area contributed by atoms with Crippen molar-refractivity contribution in [2.45, 2.75) is 32.1 Å². The van der Waals surface area contributed by atoms with Gasteiger partial charge in [-0.25, -0.2) is 0 Å². The lowest BCUT2D eigenvalue weighted by Crippen LogP contribution is -2.37. The molecule has 1 amide bonds. The molecule has 4 nitrogen and oxygen atoms in total. The Bertz CT molecular complexity index is 270. The fraction of sp³-hybridized carbons (Fsp3) is 0.917. The van der Waals surface area contributed by atoms with E-state index in [1.165, 1.54) is 12.8 Å². The smallest absolute Gasteiger partial charge is 0.223 e. The Morgan fingerprint density at radius 2 is 2.31 bits per heavy atom. The van der Waals surface area contributed by atoms with Crippen molar-refractivity contribution in [3.63, 3.8) is 0 Å². The summed E-state index contributed by atoms with van der Waals surface area (Å²) in [6, 6.07) is 0. The lowest BCUT2D eigenvalue weighted by Gasteiger charge is -2.36. The van der Waals surface area contributed by atoms with Gasteiger partial charge in [-0.05, 0) is 18.8 Å². The van der Waals surface area contributed by atoms with Crippen molar-refractivity contribution in [2.24, 2.45) is 17.1 Å². The second-order valence-electron chi connectivity index (χ2n) is 5.28. The van der Waals surface area contributed by atoms with E-state index in [0.717, 1.165) is 25.9 Å². The van der Waals surface area contributed by atoms with E-state index >= 15 is 0 Å². The van der Waals surface area contributed by atoms with Crippen molar-refractivity contribution in [3.05, 3.63) is 0 Å². The summed E-state index contributed by atoms with van der Waals surface area (Å²) in [5.74, 6) is 0.665. The van der Waals surface area contributed by atoms with E-state index in [1.807, 2.05) is 4.90 Å². The van der Waals surface area contributed by atoms with Gasteiger partial charge >= 0.3 is 0 Å². The van der Waals surface area contributed by atoms with Crippen LogP contribution in [0.15, 0.2) is 0 Å². The van der Waals surface area contributed by atoms with E-state index in [-0.39, 0.29) is 17.9 Å². The Kier molecular flexibility index (Phi) is 3.50. The minimum atomic E-state index is 0.00249. The monoisotopic (exact) mass is 226 g/mol. The highest BCUT2D eigenvalue weighted by Crippen LogP contribution is 2.46. The molecule has 0 bridgehead atoms. The lowest BCUT2D eigenvalue weighted by atomic mass is 9.69. The minimum absolute atomic E-state index is 0.00249. The van der Waals surface area contributed by atoms with Crippen molar-refractivity contribution in [1.82, 2.24) is 4.90 Å². The largest absolute Gasteiger partial charge is 0.396 e. The van der Waals surface area contributed by atoms with Crippen molar-refractivity contribution in [2.75, 3.05) is 26.2 Å². The van der Waals surface area contributed by atoms with Crippen LogP contribution in [0.2, 0.25) is 0 Å². The summed E-state index contributed by atoms with van der Waals surface area (Å²) >= 11 is 0. The van der Waals surface area contributed by atoms with Gasteiger partial charge < -0.3 is 15.7 Å². The van der Waals surface area contributed by atoms with Gasteiger partial charge in [-0.1, -0.05) is 12.8 Å². The summed E-state index contributed by atoms with van der Waals surface area (Å²) in [6.07, 6.45) is 5.10. The molecule has 1 saturated heterocycles. The molecule has 2 fully saturated rings. The normalized spacial score (nSPS) is 33.9. The van der Waals surface area contributed by atoms with Gasteiger partial charge in [0.15, 0.2) is 0 Å². The van der Waals surface area contributed by atoms with Crippen molar-refractivity contribution < 1.29 is 9.90 Å². The van der Waals surface area contributed by atoms with Gasteiger partial charge in [0.1, 0.15) is 0 Å². The number of nitrogens with two attached hydrogens (primary N) is 1. The van der Waals surface area contributed by atoms with E-state index < -0.39 is 0 Å². The highest BCUT2D eigenvalue weighted by molar-refractivity contribution is 5.76. The van der Waals surface area contributed by atoms with Gasteiger partial charge in [0, 0.05) is 31.5 Å². The molecule has 92 valence electrons. The number of carbonyl (C=O) groups excluding carboxylic acids is 1. The Morgan fingerprint density at radius 3 is 2.94 bits per heavy atom. The molecule has 2 aliphatic rings. The predicted molar refractivity (Wildman–Crippen MR) is 61.7 cm³/mol. The maximum Gasteiger partial charge on any atom is 0.223 e. The average molecular weight is 226 g/mol. The first-order valence-electron chi connectivity index (χ1n) is 6.30. The second kappa shape index (κ2) is 4.72. The molecule has 0 unspecified atom stereocenters. The molecule has 0 aromatic rings. The molecule has 1 saturated carbocycles. The van der Waals surface area contributed by atoms with Crippen molar-refractivity contribution in [1.29, 1.82) is 0 Å². The summed E-state index contributed by atoms with van der Waals surface area (Å²) in [7, 11) is 0. The number of aliphatic hydroxyl groups is 1. The zero-order chi connectivity index (χ0) is 11.6. The number of nitrogens with zero attached hydrogens (tertiary/aromatic N) is 1. The van der Waals surface area contributed by atoms with E-state index in [2.05, 4.69) is 0 Å². The first-order chi connectivity index (χ1) is 7.72.